The molecule has 26 heteroatoms. The van der Waals surface area contributed by atoms with Crippen molar-refractivity contribution in [3.05, 3.63) is 152 Å². The first kappa shape index (κ1) is 76.7. The number of benzene rings is 4. The highest BCUT2D eigenvalue weighted by Gasteiger charge is 2.30. The molecule has 0 spiro atoms. The van der Waals surface area contributed by atoms with Crippen molar-refractivity contribution >= 4 is 173 Å². The molecule has 4 aliphatic heterocycles. The van der Waals surface area contributed by atoms with Crippen LogP contribution < -0.4 is 9.47 Å². The summed E-state index contributed by atoms with van der Waals surface area (Å²) in [6.45, 7) is 12.8. The fourth-order valence-corrected chi connectivity index (χ4v) is 24.0. The normalized spacial score (nSPS) is 16.1. The Labute approximate surface area is 616 Å². The zero-order valence-corrected chi connectivity index (χ0v) is 63.9. The second-order valence-electron chi connectivity index (χ2n) is 21.4. The maximum atomic E-state index is 11.1. The van der Waals surface area contributed by atoms with Crippen LogP contribution >= 0.6 is 141 Å². The number of fused-ring (bicyclic) bond motifs is 4. The van der Waals surface area contributed by atoms with Gasteiger partial charge in [-0.25, -0.2) is 0 Å². The van der Waals surface area contributed by atoms with Gasteiger partial charge in [0.05, 0.1) is 158 Å². The van der Waals surface area contributed by atoms with Crippen LogP contribution in [0.3, 0.4) is 0 Å². The van der Waals surface area contributed by atoms with Gasteiger partial charge < -0.3 is 56.8 Å². The smallest absolute Gasteiger partial charge is 0.185 e. The van der Waals surface area contributed by atoms with Gasteiger partial charge in [0, 0.05) is 67.6 Å². The van der Waals surface area contributed by atoms with Crippen molar-refractivity contribution in [2.24, 2.45) is 0 Å². The Morgan fingerprint density at radius 3 is 1.00 bits per heavy atom. The van der Waals surface area contributed by atoms with E-state index >= 15 is 0 Å². The van der Waals surface area contributed by atoms with Crippen LogP contribution in [0.4, 0.5) is 0 Å². The molecule has 0 amide bonds. The molecular weight excluding hydrogens is 1450 g/mol. The van der Waals surface area contributed by atoms with E-state index in [4.69, 9.17) is 56.8 Å². The summed E-state index contributed by atoms with van der Waals surface area (Å²) >= 11 is 21.5. The Hall–Kier alpha value is -1.94. The highest BCUT2D eigenvalue weighted by molar-refractivity contribution is 8.39. The Bertz CT molecular complexity index is 3220. The van der Waals surface area contributed by atoms with E-state index in [-0.39, 0.29) is 10.2 Å². The van der Waals surface area contributed by atoms with E-state index in [9.17, 15) is 9.59 Å². The van der Waals surface area contributed by atoms with Gasteiger partial charge in [-0.2, -0.15) is 0 Å². The standard InChI is InChI=1S/C70H82O14S12/c1-49(71)85-41-39-81-33-31-77-25-23-73-19-21-75-27-29-79-35-37-83-57-17-13-53-43-51(45-87-63-47-89-67(95-63)69-91-59-7-3-4-8-60(59)92-69)11-15-55(53)65(57)66-56-16-12-52(46-88-64-48-90-68(96-64)70-93-61-9-5-6-10-62(61)94-70)44-54(56)14-18-58(66)84-38-36-80-30-28-76-22-20-74-24-26-78-32-34-82-40-42-86-50(2)72/h7-18,43-44,47-48H,3-6,19-42,45-46H2,1-2H3. The highest BCUT2D eigenvalue weighted by atomic mass is 32.2. The molecule has 96 heavy (non-hydrogen) atoms. The van der Waals surface area contributed by atoms with Crippen molar-refractivity contribution in [2.75, 3.05) is 157 Å². The predicted molar refractivity (Wildman–Crippen MR) is 417 cm³/mol. The van der Waals surface area contributed by atoms with Crippen LogP contribution in [0, 0.1) is 0 Å². The molecule has 0 atom stereocenters. The Kier molecular flexibility index (Phi) is 35.1. The lowest BCUT2D eigenvalue weighted by Gasteiger charge is -2.20. The second-order valence-corrected chi connectivity index (χ2v) is 35.6. The molecular formula is C70H82O14S12. The molecule has 14 nitrogen and oxygen atoms in total. The third-order valence-electron chi connectivity index (χ3n) is 14.3. The molecule has 10 rings (SSSR count). The van der Waals surface area contributed by atoms with E-state index in [0.717, 1.165) is 81.4 Å². The number of hydrogen-bond donors (Lipinski definition) is 0. The third kappa shape index (κ3) is 25.8. The molecule has 4 heterocycles. The van der Waals surface area contributed by atoms with Gasteiger partial charge in [-0.3, -0.25) is 9.59 Å². The molecule has 0 aromatic heterocycles. The SMILES string of the molecule is CC(=O)SCCOCCOCCOCCOCCOCCOc1ccc2cc(CSC3=CSC(=C4SC5=CCCC=C5S4)S3)ccc2c1-c1c(OCCOCCOCCOCCOCCOCCSC(C)=O)ccc2cc(CSC3=CSC(=C4SC5=CCCC=C5S4)S3)ccc12. The first-order valence-electron chi connectivity index (χ1n) is 32.1. The average Bonchev–Trinajstić information content (AvgIpc) is 0.857. The van der Waals surface area contributed by atoms with E-state index in [1.807, 2.05) is 118 Å². The summed E-state index contributed by atoms with van der Waals surface area (Å²) in [7, 11) is 0. The molecule has 4 aromatic carbocycles. The fourth-order valence-electron chi connectivity index (χ4n) is 9.86. The molecule has 0 N–H and O–H groups in total. The summed E-state index contributed by atoms with van der Waals surface area (Å²) in [5, 5.41) is 9.19. The van der Waals surface area contributed by atoms with Crippen molar-refractivity contribution < 1.29 is 66.4 Å². The third-order valence-corrected chi connectivity index (χ3v) is 29.7. The second kappa shape index (κ2) is 43.9. The van der Waals surface area contributed by atoms with E-state index in [2.05, 4.69) is 95.8 Å². The molecule has 4 aromatic rings. The van der Waals surface area contributed by atoms with Gasteiger partial charge in [0.1, 0.15) is 24.7 Å². The monoisotopic (exact) mass is 1530 g/mol. The van der Waals surface area contributed by atoms with Crippen molar-refractivity contribution in [1.29, 1.82) is 0 Å². The number of carbonyl (C=O) groups is 2. The minimum Gasteiger partial charge on any atom is -0.491 e. The van der Waals surface area contributed by atoms with Gasteiger partial charge in [-0.1, -0.05) is 190 Å². The van der Waals surface area contributed by atoms with Crippen molar-refractivity contribution in [3.8, 4) is 22.6 Å². The van der Waals surface area contributed by atoms with E-state index in [0.29, 0.717) is 157 Å². The topological polar surface area (TPSA) is 145 Å². The minimum atomic E-state index is 0.0958. The summed E-state index contributed by atoms with van der Waals surface area (Å²) in [5.74, 6) is 4.47. The van der Waals surface area contributed by atoms with E-state index in [1.165, 1.54) is 79.7 Å². The largest absolute Gasteiger partial charge is 0.491 e. The van der Waals surface area contributed by atoms with Crippen LogP contribution in [-0.2, 0) is 68.5 Å². The predicted octanol–water partition coefficient (Wildman–Crippen LogP) is 18.5. The van der Waals surface area contributed by atoms with Crippen molar-refractivity contribution in [2.45, 2.75) is 51.0 Å². The molecule has 2 aliphatic carbocycles. The molecule has 6 aliphatic rings. The van der Waals surface area contributed by atoms with Gasteiger partial charge in [0.15, 0.2) is 10.2 Å². The number of rotatable bonds is 45. The van der Waals surface area contributed by atoms with Crippen LogP contribution in [-0.4, -0.2) is 167 Å². The van der Waals surface area contributed by atoms with Crippen molar-refractivity contribution in [1.82, 2.24) is 0 Å². The van der Waals surface area contributed by atoms with Crippen LogP contribution in [0.15, 0.2) is 141 Å². The first-order valence-corrected chi connectivity index (χ1v) is 42.7. The Morgan fingerprint density at radius 1 is 0.365 bits per heavy atom. The van der Waals surface area contributed by atoms with Gasteiger partial charge in [0.25, 0.3) is 0 Å². The molecule has 2 saturated heterocycles. The summed E-state index contributed by atoms with van der Waals surface area (Å²) in [4.78, 5) is 27.8. The van der Waals surface area contributed by atoms with Gasteiger partial charge in [0.2, 0.25) is 0 Å². The summed E-state index contributed by atoms with van der Waals surface area (Å²) in [6, 6.07) is 22.3. The zero-order chi connectivity index (χ0) is 66.2. The van der Waals surface area contributed by atoms with Crippen LogP contribution in [0.2, 0.25) is 0 Å². The van der Waals surface area contributed by atoms with Crippen molar-refractivity contribution in [3.63, 3.8) is 0 Å². The van der Waals surface area contributed by atoms with Gasteiger partial charge in [-0.15, -0.1) is 23.5 Å². The fraction of sp³-hybridized carbons (Fsp3) is 0.457. The lowest BCUT2D eigenvalue weighted by atomic mass is 9.91. The number of ether oxygens (including phenoxy) is 12. The maximum Gasteiger partial charge on any atom is 0.185 e. The summed E-state index contributed by atoms with van der Waals surface area (Å²) in [6.07, 6.45) is 14.1. The number of hydrogen-bond acceptors (Lipinski definition) is 26. The molecule has 0 bridgehead atoms. The zero-order valence-electron chi connectivity index (χ0n) is 54.1. The van der Waals surface area contributed by atoms with Crippen LogP contribution in [0.25, 0.3) is 32.7 Å². The Balaban J connectivity index is 0.775. The molecule has 518 valence electrons. The summed E-state index contributed by atoms with van der Waals surface area (Å²) in [5.41, 5.74) is 4.41. The average molecular weight is 1530 g/mol. The molecule has 0 saturated carbocycles. The van der Waals surface area contributed by atoms with E-state index in [1.54, 1.807) is 13.8 Å². The maximum absolute atomic E-state index is 11.1. The number of thioether (sulfide) groups is 12. The molecule has 0 radical (unpaired) electrons. The van der Waals surface area contributed by atoms with E-state index < -0.39 is 0 Å². The lowest BCUT2D eigenvalue weighted by Crippen LogP contribution is -2.15. The van der Waals surface area contributed by atoms with Crippen LogP contribution in [0.5, 0.6) is 11.5 Å². The van der Waals surface area contributed by atoms with Crippen LogP contribution in [0.1, 0.15) is 50.7 Å². The summed E-state index contributed by atoms with van der Waals surface area (Å²) < 4.78 is 79.1. The van der Waals surface area contributed by atoms with Gasteiger partial charge in [-0.05, 0) is 81.3 Å². The molecule has 0 unspecified atom stereocenters. The highest BCUT2D eigenvalue weighted by Crippen LogP contribution is 2.63. The number of allylic oxidation sites excluding steroid dienone is 4. The lowest BCUT2D eigenvalue weighted by molar-refractivity contribution is -0.109. The molecule has 2 fully saturated rings. The van der Waals surface area contributed by atoms with Gasteiger partial charge >= 0.3 is 0 Å². The first-order chi connectivity index (χ1) is 47.3. The Morgan fingerprint density at radius 2 is 0.677 bits per heavy atom. The number of carbonyl (C=O) groups excluding carboxylic acids is 2. The minimum absolute atomic E-state index is 0.0958. The quantitative estimate of drug-likeness (QED) is 0.0387.